The number of benzene rings is 3. The van der Waals surface area contributed by atoms with Gasteiger partial charge in [-0.1, -0.05) is 42.5 Å². The normalized spacial score (nSPS) is 10.0. The maximum atomic E-state index is 11.5. The van der Waals surface area contributed by atoms with Gasteiger partial charge in [-0.05, 0) is 55.5 Å². The highest BCUT2D eigenvalue weighted by molar-refractivity contribution is 7.80. The zero-order valence-electron chi connectivity index (χ0n) is 14.2. The molecule has 0 aliphatic heterocycles. The second-order valence-electron chi connectivity index (χ2n) is 5.63. The average Bonchev–Trinajstić information content (AvgIpc) is 2.64. The molecule has 3 rings (SSSR count). The van der Waals surface area contributed by atoms with E-state index in [1.807, 2.05) is 66.7 Å². The molecule has 0 unspecified atom stereocenters. The minimum Gasteiger partial charge on any atom is -0.455 e. The Morgan fingerprint density at radius 3 is 2.38 bits per heavy atom. The van der Waals surface area contributed by atoms with Crippen molar-refractivity contribution in [3.05, 3.63) is 84.4 Å². The van der Waals surface area contributed by atoms with Crippen molar-refractivity contribution in [3.63, 3.8) is 0 Å². The number of ketones is 1. The standard InChI is InChI=1S/C21H18N2O2S/c1-15(24)16-8-7-9-17(14-16)22-21(26)23-19-12-5-6-13-20(19)25-18-10-3-2-4-11-18/h2-14H,1H3,(H2,22,23,26). The monoisotopic (exact) mass is 362 g/mol. The average molecular weight is 362 g/mol. The highest BCUT2D eigenvalue weighted by Crippen LogP contribution is 2.29. The van der Waals surface area contributed by atoms with Crippen molar-refractivity contribution < 1.29 is 9.53 Å². The fraction of sp³-hybridized carbons (Fsp3) is 0.0476. The molecule has 0 aliphatic carbocycles. The van der Waals surface area contributed by atoms with E-state index in [2.05, 4.69) is 10.6 Å². The van der Waals surface area contributed by atoms with Crippen molar-refractivity contribution in [2.45, 2.75) is 6.92 Å². The number of nitrogens with one attached hydrogen (secondary N) is 2. The molecule has 3 aromatic rings. The first kappa shape index (κ1) is 17.6. The van der Waals surface area contributed by atoms with Crippen LogP contribution in [0.3, 0.4) is 0 Å². The lowest BCUT2D eigenvalue weighted by Crippen LogP contribution is -2.19. The quantitative estimate of drug-likeness (QED) is 0.464. The Morgan fingerprint density at radius 1 is 0.885 bits per heavy atom. The van der Waals surface area contributed by atoms with Gasteiger partial charge in [-0.25, -0.2) is 0 Å². The van der Waals surface area contributed by atoms with E-state index in [0.717, 1.165) is 17.1 Å². The lowest BCUT2D eigenvalue weighted by molar-refractivity contribution is 0.101. The lowest BCUT2D eigenvalue weighted by atomic mass is 10.1. The molecule has 4 nitrogen and oxygen atoms in total. The highest BCUT2D eigenvalue weighted by atomic mass is 32.1. The molecule has 0 saturated carbocycles. The van der Waals surface area contributed by atoms with E-state index in [9.17, 15) is 4.79 Å². The fourth-order valence-electron chi connectivity index (χ4n) is 2.38. The smallest absolute Gasteiger partial charge is 0.175 e. The van der Waals surface area contributed by atoms with Crippen LogP contribution in [0.1, 0.15) is 17.3 Å². The van der Waals surface area contributed by atoms with Crippen molar-refractivity contribution in [1.29, 1.82) is 0 Å². The van der Waals surface area contributed by atoms with E-state index >= 15 is 0 Å². The highest BCUT2D eigenvalue weighted by Gasteiger charge is 2.07. The van der Waals surface area contributed by atoms with Crippen LogP contribution in [0.5, 0.6) is 11.5 Å². The van der Waals surface area contributed by atoms with Gasteiger partial charge in [-0.2, -0.15) is 0 Å². The summed E-state index contributed by atoms with van der Waals surface area (Å²) in [5.41, 5.74) is 2.12. The first-order valence-corrected chi connectivity index (χ1v) is 8.53. The minimum absolute atomic E-state index is 0.00846. The van der Waals surface area contributed by atoms with Crippen molar-refractivity contribution in [2.75, 3.05) is 10.6 Å². The molecule has 0 saturated heterocycles. The van der Waals surface area contributed by atoms with Crippen LogP contribution in [0.25, 0.3) is 0 Å². The van der Waals surface area contributed by atoms with Gasteiger partial charge in [0.05, 0.1) is 5.69 Å². The number of carbonyl (C=O) groups excluding carboxylic acids is 1. The third-order valence-electron chi connectivity index (χ3n) is 3.63. The summed E-state index contributed by atoms with van der Waals surface area (Å²) in [4.78, 5) is 11.5. The number of hydrogen-bond acceptors (Lipinski definition) is 3. The number of para-hydroxylation sites is 3. The topological polar surface area (TPSA) is 50.4 Å². The van der Waals surface area contributed by atoms with Crippen molar-refractivity contribution in [3.8, 4) is 11.5 Å². The summed E-state index contributed by atoms with van der Waals surface area (Å²) < 4.78 is 5.92. The molecule has 3 aromatic carbocycles. The van der Waals surface area contributed by atoms with Gasteiger partial charge in [0.1, 0.15) is 5.75 Å². The summed E-state index contributed by atoms with van der Waals surface area (Å²) in [7, 11) is 0. The molecule has 130 valence electrons. The molecule has 0 spiro atoms. The van der Waals surface area contributed by atoms with Gasteiger partial charge in [0.25, 0.3) is 0 Å². The molecule has 0 radical (unpaired) electrons. The molecule has 26 heavy (non-hydrogen) atoms. The van der Waals surface area contributed by atoms with E-state index in [-0.39, 0.29) is 5.78 Å². The Hall–Kier alpha value is -3.18. The maximum Gasteiger partial charge on any atom is 0.175 e. The molecule has 0 aliphatic rings. The minimum atomic E-state index is 0.00846. The summed E-state index contributed by atoms with van der Waals surface area (Å²) in [5.74, 6) is 1.42. The Bertz CT molecular complexity index is 926. The second kappa shape index (κ2) is 8.27. The van der Waals surface area contributed by atoms with E-state index in [4.69, 9.17) is 17.0 Å². The maximum absolute atomic E-state index is 11.5. The predicted octanol–water partition coefficient (Wildman–Crippen LogP) is 5.49. The van der Waals surface area contributed by atoms with Gasteiger partial charge >= 0.3 is 0 Å². The molecule has 0 fully saturated rings. The Morgan fingerprint density at radius 2 is 1.62 bits per heavy atom. The first-order valence-electron chi connectivity index (χ1n) is 8.13. The molecule has 0 amide bonds. The summed E-state index contributed by atoms with van der Waals surface area (Å²) in [6.45, 7) is 1.53. The van der Waals surface area contributed by atoms with Gasteiger partial charge in [-0.15, -0.1) is 0 Å². The molecular formula is C21H18N2O2S. The summed E-state index contributed by atoms with van der Waals surface area (Å²) in [6, 6.07) is 24.3. The van der Waals surface area contributed by atoms with Gasteiger partial charge < -0.3 is 15.4 Å². The first-order chi connectivity index (χ1) is 12.6. The number of hydrogen-bond donors (Lipinski definition) is 2. The van der Waals surface area contributed by atoms with E-state index in [0.29, 0.717) is 16.4 Å². The Labute approximate surface area is 157 Å². The fourth-order valence-corrected chi connectivity index (χ4v) is 2.60. The van der Waals surface area contributed by atoms with Crippen LogP contribution in [0.2, 0.25) is 0 Å². The Balaban J connectivity index is 1.72. The summed E-state index contributed by atoms with van der Waals surface area (Å²) >= 11 is 5.39. The number of Topliss-reactive ketones (excluding diaryl/α,β-unsaturated/α-hetero) is 1. The van der Waals surface area contributed by atoms with Crippen LogP contribution in [0.4, 0.5) is 11.4 Å². The molecular weight excluding hydrogens is 344 g/mol. The van der Waals surface area contributed by atoms with Gasteiger partial charge in [0.15, 0.2) is 16.6 Å². The molecule has 0 bridgehead atoms. The van der Waals surface area contributed by atoms with Crippen LogP contribution in [-0.4, -0.2) is 10.9 Å². The molecule has 0 heterocycles. The van der Waals surface area contributed by atoms with Crippen molar-refractivity contribution >= 4 is 34.5 Å². The third kappa shape index (κ3) is 4.68. The number of anilines is 2. The van der Waals surface area contributed by atoms with Gasteiger partial charge in [0.2, 0.25) is 0 Å². The van der Waals surface area contributed by atoms with Crippen LogP contribution in [0.15, 0.2) is 78.9 Å². The third-order valence-corrected chi connectivity index (χ3v) is 3.84. The summed E-state index contributed by atoms with van der Waals surface area (Å²) in [6.07, 6.45) is 0. The largest absolute Gasteiger partial charge is 0.455 e. The number of thiocarbonyl (C=S) groups is 1. The predicted molar refractivity (Wildman–Crippen MR) is 109 cm³/mol. The lowest BCUT2D eigenvalue weighted by Gasteiger charge is -2.15. The SMILES string of the molecule is CC(=O)c1cccc(NC(=S)Nc2ccccc2Oc2ccccc2)c1. The molecule has 0 atom stereocenters. The van der Waals surface area contributed by atoms with Crippen molar-refractivity contribution in [2.24, 2.45) is 0 Å². The van der Waals surface area contributed by atoms with Crippen LogP contribution in [-0.2, 0) is 0 Å². The van der Waals surface area contributed by atoms with Crippen LogP contribution in [0, 0.1) is 0 Å². The van der Waals surface area contributed by atoms with E-state index in [1.54, 1.807) is 12.1 Å². The Kier molecular flexibility index (Phi) is 5.61. The van der Waals surface area contributed by atoms with Crippen molar-refractivity contribution in [1.82, 2.24) is 0 Å². The zero-order valence-corrected chi connectivity index (χ0v) is 15.0. The van der Waals surface area contributed by atoms with E-state index in [1.165, 1.54) is 6.92 Å². The number of ether oxygens (including phenoxy) is 1. The number of rotatable bonds is 5. The zero-order chi connectivity index (χ0) is 18.4. The number of carbonyl (C=O) groups is 1. The van der Waals surface area contributed by atoms with Crippen LogP contribution < -0.4 is 15.4 Å². The van der Waals surface area contributed by atoms with E-state index < -0.39 is 0 Å². The van der Waals surface area contributed by atoms with Gasteiger partial charge in [0, 0.05) is 11.3 Å². The van der Waals surface area contributed by atoms with Gasteiger partial charge in [-0.3, -0.25) is 4.79 Å². The molecule has 5 heteroatoms. The summed E-state index contributed by atoms with van der Waals surface area (Å²) in [5, 5.41) is 6.64. The van der Waals surface area contributed by atoms with Crippen LogP contribution >= 0.6 is 12.2 Å². The molecule has 2 N–H and O–H groups in total. The second-order valence-corrected chi connectivity index (χ2v) is 6.04. The molecule has 0 aromatic heterocycles.